The third kappa shape index (κ3) is 2.94. The number of carbonyl (C=O) groups excluding carboxylic acids is 2. The van der Waals surface area contributed by atoms with E-state index in [1.165, 1.54) is 12.3 Å². The van der Waals surface area contributed by atoms with Gasteiger partial charge in [-0.25, -0.2) is 0 Å². The number of primary amides is 1. The lowest BCUT2D eigenvalue weighted by Crippen LogP contribution is -2.27. The van der Waals surface area contributed by atoms with Crippen molar-refractivity contribution in [1.82, 2.24) is 15.5 Å². The highest BCUT2D eigenvalue weighted by Gasteiger charge is 2.17. The summed E-state index contributed by atoms with van der Waals surface area (Å²) < 4.78 is 0. The molecule has 0 saturated carbocycles. The number of carbonyl (C=O) groups is 2. The Labute approximate surface area is 114 Å². The van der Waals surface area contributed by atoms with Crippen LogP contribution in [0.2, 0.25) is 0 Å². The molecule has 0 bridgehead atoms. The first-order valence-corrected chi connectivity index (χ1v) is 5.98. The highest BCUT2D eigenvalue weighted by Crippen LogP contribution is 2.29. The smallest absolute Gasteiger partial charge is 0.255 e. The topological polar surface area (TPSA) is 121 Å². The van der Waals surface area contributed by atoms with Crippen LogP contribution in [-0.2, 0) is 4.79 Å². The van der Waals surface area contributed by atoms with E-state index in [-0.39, 0.29) is 24.3 Å². The number of aromatic amines is 1. The molecule has 2 amide bonds. The molecule has 0 unspecified atom stereocenters. The third-order valence-electron chi connectivity index (χ3n) is 2.71. The van der Waals surface area contributed by atoms with Gasteiger partial charge < -0.3 is 16.2 Å². The molecule has 1 heterocycles. The molecular weight excluding hydrogens is 260 g/mol. The Kier molecular flexibility index (Phi) is 3.99. The summed E-state index contributed by atoms with van der Waals surface area (Å²) in [5.74, 6) is -0.834. The Morgan fingerprint density at radius 3 is 2.80 bits per heavy atom. The molecule has 0 saturated heterocycles. The minimum atomic E-state index is -0.488. The number of nitrogens with one attached hydrogen (secondary N) is 2. The van der Waals surface area contributed by atoms with Gasteiger partial charge in [0.1, 0.15) is 5.75 Å². The highest BCUT2D eigenvalue weighted by atomic mass is 16.3. The Morgan fingerprint density at radius 1 is 1.35 bits per heavy atom. The first-order valence-electron chi connectivity index (χ1n) is 5.98. The van der Waals surface area contributed by atoms with Gasteiger partial charge in [-0.1, -0.05) is 12.1 Å². The van der Waals surface area contributed by atoms with Crippen molar-refractivity contribution in [2.45, 2.75) is 6.42 Å². The van der Waals surface area contributed by atoms with Crippen molar-refractivity contribution in [3.63, 3.8) is 0 Å². The van der Waals surface area contributed by atoms with Crippen molar-refractivity contribution in [3.8, 4) is 17.0 Å². The van der Waals surface area contributed by atoms with E-state index in [2.05, 4.69) is 15.5 Å². The molecule has 2 rings (SSSR count). The molecule has 1 aromatic carbocycles. The maximum Gasteiger partial charge on any atom is 0.255 e. The van der Waals surface area contributed by atoms with E-state index in [9.17, 15) is 14.7 Å². The Bertz CT molecular complexity index is 636. The zero-order valence-electron chi connectivity index (χ0n) is 10.6. The van der Waals surface area contributed by atoms with Crippen LogP contribution >= 0.6 is 0 Å². The molecule has 0 radical (unpaired) electrons. The van der Waals surface area contributed by atoms with Gasteiger partial charge in [0.2, 0.25) is 5.91 Å². The number of rotatable bonds is 5. The van der Waals surface area contributed by atoms with Crippen LogP contribution < -0.4 is 11.1 Å². The van der Waals surface area contributed by atoms with Crippen LogP contribution in [0.25, 0.3) is 11.3 Å². The molecule has 0 spiro atoms. The number of phenols is 1. The Hall–Kier alpha value is -2.83. The number of para-hydroxylation sites is 1. The average molecular weight is 274 g/mol. The molecule has 2 aromatic rings. The number of nitrogens with zero attached hydrogens (tertiary/aromatic N) is 1. The van der Waals surface area contributed by atoms with Gasteiger partial charge in [-0.3, -0.25) is 14.7 Å². The van der Waals surface area contributed by atoms with Crippen molar-refractivity contribution in [1.29, 1.82) is 0 Å². The van der Waals surface area contributed by atoms with Gasteiger partial charge in [0, 0.05) is 18.5 Å². The summed E-state index contributed by atoms with van der Waals surface area (Å²) in [5.41, 5.74) is 6.18. The second kappa shape index (κ2) is 5.87. The van der Waals surface area contributed by atoms with E-state index in [0.29, 0.717) is 11.3 Å². The Morgan fingerprint density at radius 2 is 2.10 bits per heavy atom. The average Bonchev–Trinajstić information content (AvgIpc) is 2.87. The van der Waals surface area contributed by atoms with Gasteiger partial charge in [-0.05, 0) is 12.1 Å². The minimum Gasteiger partial charge on any atom is -0.507 e. The molecule has 1 aromatic heterocycles. The van der Waals surface area contributed by atoms with Crippen LogP contribution in [0.15, 0.2) is 30.5 Å². The molecule has 7 heteroatoms. The number of nitrogens with two attached hydrogens (primary N) is 1. The fraction of sp³-hybridized carbons (Fsp3) is 0.154. The van der Waals surface area contributed by atoms with Crippen LogP contribution in [0.4, 0.5) is 0 Å². The number of H-pyrrole nitrogens is 1. The fourth-order valence-electron chi connectivity index (χ4n) is 1.74. The zero-order valence-corrected chi connectivity index (χ0v) is 10.6. The summed E-state index contributed by atoms with van der Waals surface area (Å²) in [6.07, 6.45) is 1.43. The summed E-state index contributed by atoms with van der Waals surface area (Å²) in [5, 5.41) is 18.9. The predicted octanol–water partition coefficient (Wildman–Crippen LogP) is 0.387. The van der Waals surface area contributed by atoms with Crippen LogP contribution in [0.1, 0.15) is 16.8 Å². The molecular formula is C13H14N4O3. The molecule has 0 aliphatic carbocycles. The van der Waals surface area contributed by atoms with Crippen molar-refractivity contribution < 1.29 is 14.7 Å². The number of aromatic nitrogens is 2. The van der Waals surface area contributed by atoms with E-state index in [1.54, 1.807) is 18.2 Å². The molecule has 0 atom stereocenters. The van der Waals surface area contributed by atoms with Crippen molar-refractivity contribution in [2.24, 2.45) is 5.73 Å². The Balaban J connectivity index is 2.19. The summed E-state index contributed by atoms with van der Waals surface area (Å²) >= 11 is 0. The number of amides is 2. The molecule has 7 nitrogen and oxygen atoms in total. The summed E-state index contributed by atoms with van der Waals surface area (Å²) in [4.78, 5) is 22.6. The van der Waals surface area contributed by atoms with Crippen molar-refractivity contribution in [2.75, 3.05) is 6.54 Å². The highest BCUT2D eigenvalue weighted by molar-refractivity contribution is 6.00. The van der Waals surface area contributed by atoms with E-state index < -0.39 is 11.8 Å². The lowest BCUT2D eigenvalue weighted by atomic mass is 10.1. The number of hydrogen-bond donors (Lipinski definition) is 4. The van der Waals surface area contributed by atoms with E-state index >= 15 is 0 Å². The second-order valence-corrected chi connectivity index (χ2v) is 4.15. The maximum absolute atomic E-state index is 12.0. The quantitative estimate of drug-likeness (QED) is 0.630. The fourth-order valence-corrected chi connectivity index (χ4v) is 1.74. The first kappa shape index (κ1) is 13.6. The normalized spacial score (nSPS) is 10.2. The van der Waals surface area contributed by atoms with Crippen molar-refractivity contribution >= 4 is 11.8 Å². The summed E-state index contributed by atoms with van der Waals surface area (Å²) in [6.45, 7) is 0.152. The number of benzene rings is 1. The SMILES string of the molecule is NC(=O)CCNC(=O)c1cn[nH]c1-c1ccccc1O. The predicted molar refractivity (Wildman–Crippen MR) is 71.8 cm³/mol. The first-order chi connectivity index (χ1) is 9.59. The molecule has 5 N–H and O–H groups in total. The maximum atomic E-state index is 12.0. The largest absolute Gasteiger partial charge is 0.507 e. The van der Waals surface area contributed by atoms with Gasteiger partial charge in [0.15, 0.2) is 0 Å². The molecule has 104 valence electrons. The monoisotopic (exact) mass is 274 g/mol. The van der Waals surface area contributed by atoms with Crippen LogP contribution in [0.5, 0.6) is 5.75 Å². The van der Waals surface area contributed by atoms with Crippen molar-refractivity contribution in [3.05, 3.63) is 36.0 Å². The summed E-state index contributed by atoms with van der Waals surface area (Å²) in [7, 11) is 0. The van der Waals surface area contributed by atoms with Gasteiger partial charge in [-0.2, -0.15) is 5.10 Å². The van der Waals surface area contributed by atoms with Crippen LogP contribution in [0, 0.1) is 0 Å². The lowest BCUT2D eigenvalue weighted by molar-refractivity contribution is -0.117. The van der Waals surface area contributed by atoms with E-state index in [0.717, 1.165) is 0 Å². The standard InChI is InChI=1S/C13H14N4O3/c14-11(19)5-6-15-13(20)9-7-16-17-12(9)8-3-1-2-4-10(8)18/h1-4,7,18H,5-6H2,(H2,14,19)(H,15,20)(H,16,17). The number of aromatic hydroxyl groups is 1. The van der Waals surface area contributed by atoms with Gasteiger partial charge in [0.05, 0.1) is 17.5 Å². The van der Waals surface area contributed by atoms with Gasteiger partial charge >= 0.3 is 0 Å². The van der Waals surface area contributed by atoms with E-state index in [4.69, 9.17) is 5.73 Å². The van der Waals surface area contributed by atoms with E-state index in [1.807, 2.05) is 0 Å². The lowest BCUT2D eigenvalue weighted by Gasteiger charge is -2.06. The molecule has 0 aliphatic rings. The third-order valence-corrected chi connectivity index (χ3v) is 2.71. The van der Waals surface area contributed by atoms with Crippen LogP contribution in [-0.4, -0.2) is 33.7 Å². The minimum absolute atomic E-state index is 0.0444. The molecule has 0 fully saturated rings. The summed E-state index contributed by atoms with van der Waals surface area (Å²) in [6, 6.07) is 6.61. The van der Waals surface area contributed by atoms with Gasteiger partial charge in [-0.15, -0.1) is 0 Å². The zero-order chi connectivity index (χ0) is 14.5. The second-order valence-electron chi connectivity index (χ2n) is 4.15. The molecule has 0 aliphatic heterocycles. The van der Waals surface area contributed by atoms with Crippen LogP contribution in [0.3, 0.4) is 0 Å². The molecule has 20 heavy (non-hydrogen) atoms. The van der Waals surface area contributed by atoms with Gasteiger partial charge in [0.25, 0.3) is 5.91 Å². The number of phenolic OH excluding ortho intramolecular Hbond substituents is 1. The number of hydrogen-bond acceptors (Lipinski definition) is 4.